The highest BCUT2D eigenvalue weighted by Crippen LogP contribution is 2.13. The summed E-state index contributed by atoms with van der Waals surface area (Å²) in [6.45, 7) is 3.69. The van der Waals surface area contributed by atoms with Crippen molar-refractivity contribution in [2.75, 3.05) is 33.7 Å². The Bertz CT molecular complexity index is 414. The van der Waals surface area contributed by atoms with Crippen molar-refractivity contribution in [3.05, 3.63) is 12.4 Å². The summed E-state index contributed by atoms with van der Waals surface area (Å²) in [6.07, 6.45) is 3.55. The Hall–Kier alpha value is -0.920. The smallest absolute Gasteiger partial charge is 0.246 e. The van der Waals surface area contributed by atoms with Gasteiger partial charge in [0.15, 0.2) is 0 Å². The molecule has 0 radical (unpaired) electrons. The van der Waals surface area contributed by atoms with Crippen LogP contribution in [0.3, 0.4) is 0 Å². The number of aromatic amines is 1. The van der Waals surface area contributed by atoms with Crippen LogP contribution in [-0.4, -0.2) is 61.5 Å². The van der Waals surface area contributed by atoms with E-state index in [0.717, 1.165) is 6.42 Å². The molecule has 0 aliphatic rings. The van der Waals surface area contributed by atoms with Gasteiger partial charge in [-0.05, 0) is 20.5 Å². The van der Waals surface area contributed by atoms with Gasteiger partial charge in [-0.25, -0.2) is 8.42 Å². The SMILES string of the molecule is CCCN(CCN(C)C)S(=O)(=O)c1cn[nH]c1. The summed E-state index contributed by atoms with van der Waals surface area (Å²) in [4.78, 5) is 2.19. The predicted octanol–water partition coefficient (Wildman–Crippen LogP) is 0.372. The van der Waals surface area contributed by atoms with Gasteiger partial charge in [0.25, 0.3) is 0 Å². The van der Waals surface area contributed by atoms with Gasteiger partial charge in [-0.15, -0.1) is 0 Å². The molecule has 1 aromatic heterocycles. The van der Waals surface area contributed by atoms with Crippen molar-refractivity contribution in [3.63, 3.8) is 0 Å². The predicted molar refractivity (Wildman–Crippen MR) is 66.2 cm³/mol. The molecular weight excluding hydrogens is 240 g/mol. The van der Waals surface area contributed by atoms with Crippen molar-refractivity contribution in [2.24, 2.45) is 0 Å². The minimum Gasteiger partial charge on any atom is -0.308 e. The van der Waals surface area contributed by atoms with Crippen molar-refractivity contribution in [1.82, 2.24) is 19.4 Å². The van der Waals surface area contributed by atoms with Gasteiger partial charge < -0.3 is 4.90 Å². The summed E-state index contributed by atoms with van der Waals surface area (Å²) >= 11 is 0. The van der Waals surface area contributed by atoms with Crippen LogP contribution in [0, 0.1) is 0 Å². The van der Waals surface area contributed by atoms with Gasteiger partial charge in [0.1, 0.15) is 4.90 Å². The van der Waals surface area contributed by atoms with Crippen LogP contribution in [0.15, 0.2) is 17.3 Å². The zero-order valence-corrected chi connectivity index (χ0v) is 11.4. The van der Waals surface area contributed by atoms with E-state index in [1.54, 1.807) is 0 Å². The number of H-pyrrole nitrogens is 1. The van der Waals surface area contributed by atoms with Crippen LogP contribution in [0.5, 0.6) is 0 Å². The lowest BCUT2D eigenvalue weighted by Gasteiger charge is -2.22. The second-order valence-electron chi connectivity index (χ2n) is 4.14. The quantitative estimate of drug-likeness (QED) is 0.769. The number of sulfonamides is 1. The van der Waals surface area contributed by atoms with Crippen LogP contribution in [0.4, 0.5) is 0 Å². The van der Waals surface area contributed by atoms with E-state index in [1.807, 2.05) is 25.9 Å². The number of nitrogens with one attached hydrogen (secondary N) is 1. The second kappa shape index (κ2) is 6.13. The number of likely N-dealkylation sites (N-methyl/N-ethyl adjacent to an activating group) is 1. The summed E-state index contributed by atoms with van der Waals surface area (Å²) in [5.74, 6) is 0. The summed E-state index contributed by atoms with van der Waals surface area (Å²) in [5.41, 5.74) is 0. The van der Waals surface area contributed by atoms with E-state index < -0.39 is 10.0 Å². The highest BCUT2D eigenvalue weighted by molar-refractivity contribution is 7.89. The molecule has 0 fully saturated rings. The molecular formula is C10H20N4O2S. The lowest BCUT2D eigenvalue weighted by molar-refractivity contribution is 0.333. The van der Waals surface area contributed by atoms with E-state index in [-0.39, 0.29) is 4.90 Å². The molecule has 98 valence electrons. The van der Waals surface area contributed by atoms with Crippen LogP contribution < -0.4 is 0 Å². The van der Waals surface area contributed by atoms with Crippen molar-refractivity contribution in [3.8, 4) is 0 Å². The van der Waals surface area contributed by atoms with Crippen LogP contribution in [0.1, 0.15) is 13.3 Å². The maximum absolute atomic E-state index is 12.2. The Kier molecular flexibility index (Phi) is 5.10. The van der Waals surface area contributed by atoms with Crippen LogP contribution in [0.25, 0.3) is 0 Å². The van der Waals surface area contributed by atoms with Crippen molar-refractivity contribution in [1.29, 1.82) is 0 Å². The van der Waals surface area contributed by atoms with Crippen molar-refractivity contribution >= 4 is 10.0 Å². The molecule has 0 saturated carbocycles. The molecule has 0 spiro atoms. The number of rotatable bonds is 7. The molecule has 6 nitrogen and oxygen atoms in total. The lowest BCUT2D eigenvalue weighted by atomic mass is 10.4. The first-order valence-corrected chi connectivity index (χ1v) is 7.06. The molecule has 1 N–H and O–H groups in total. The summed E-state index contributed by atoms with van der Waals surface area (Å²) in [5, 5.41) is 6.22. The first-order valence-electron chi connectivity index (χ1n) is 5.62. The zero-order valence-electron chi connectivity index (χ0n) is 10.5. The topological polar surface area (TPSA) is 69.3 Å². The minimum absolute atomic E-state index is 0.227. The van der Waals surface area contributed by atoms with E-state index in [9.17, 15) is 8.42 Å². The maximum atomic E-state index is 12.2. The lowest BCUT2D eigenvalue weighted by Crippen LogP contribution is -2.37. The van der Waals surface area contributed by atoms with E-state index in [1.165, 1.54) is 16.7 Å². The fourth-order valence-electron chi connectivity index (χ4n) is 1.44. The largest absolute Gasteiger partial charge is 0.308 e. The molecule has 0 aliphatic carbocycles. The van der Waals surface area contributed by atoms with Crippen LogP contribution >= 0.6 is 0 Å². The van der Waals surface area contributed by atoms with Gasteiger partial charge in [0.05, 0.1) is 6.20 Å². The second-order valence-corrected chi connectivity index (χ2v) is 6.08. The monoisotopic (exact) mass is 260 g/mol. The summed E-state index contributed by atoms with van der Waals surface area (Å²) in [6, 6.07) is 0. The van der Waals surface area contributed by atoms with Gasteiger partial charge in [0.2, 0.25) is 10.0 Å². The molecule has 1 aromatic rings. The van der Waals surface area contributed by atoms with Gasteiger partial charge in [-0.1, -0.05) is 6.92 Å². The first-order chi connectivity index (χ1) is 7.98. The maximum Gasteiger partial charge on any atom is 0.246 e. The average Bonchev–Trinajstić information content (AvgIpc) is 2.77. The zero-order chi connectivity index (χ0) is 12.9. The molecule has 1 rings (SSSR count). The Labute approximate surface area is 103 Å². The number of hydrogen-bond acceptors (Lipinski definition) is 4. The molecule has 0 saturated heterocycles. The number of hydrogen-bond donors (Lipinski definition) is 1. The van der Waals surface area contributed by atoms with E-state index >= 15 is 0 Å². The Morgan fingerprint density at radius 3 is 2.47 bits per heavy atom. The third kappa shape index (κ3) is 3.79. The third-order valence-corrected chi connectivity index (χ3v) is 4.24. The average molecular weight is 260 g/mol. The molecule has 17 heavy (non-hydrogen) atoms. The van der Waals surface area contributed by atoms with Gasteiger partial charge >= 0.3 is 0 Å². The molecule has 0 aromatic carbocycles. The highest BCUT2D eigenvalue weighted by atomic mass is 32.2. The van der Waals surface area contributed by atoms with E-state index in [2.05, 4.69) is 10.2 Å². The standard InChI is InChI=1S/C10H20N4O2S/c1-4-5-14(7-6-13(2)3)17(15,16)10-8-11-12-9-10/h8-9H,4-7H2,1-3H3,(H,11,12). The summed E-state index contributed by atoms with van der Waals surface area (Å²) in [7, 11) is 0.448. The highest BCUT2D eigenvalue weighted by Gasteiger charge is 2.24. The number of aromatic nitrogens is 2. The molecule has 0 aliphatic heterocycles. The van der Waals surface area contributed by atoms with Crippen LogP contribution in [-0.2, 0) is 10.0 Å². The van der Waals surface area contributed by atoms with Crippen molar-refractivity contribution < 1.29 is 8.42 Å². The summed E-state index contributed by atoms with van der Waals surface area (Å²) < 4.78 is 26.0. The molecule has 0 bridgehead atoms. The minimum atomic E-state index is -3.40. The molecule has 0 atom stereocenters. The van der Waals surface area contributed by atoms with E-state index in [0.29, 0.717) is 19.6 Å². The third-order valence-electron chi connectivity index (χ3n) is 2.38. The molecule has 7 heteroatoms. The molecule has 0 amide bonds. The van der Waals surface area contributed by atoms with Crippen molar-refractivity contribution in [2.45, 2.75) is 18.2 Å². The van der Waals surface area contributed by atoms with E-state index in [4.69, 9.17) is 0 Å². The first kappa shape index (κ1) is 14.1. The van der Waals surface area contributed by atoms with Crippen LogP contribution in [0.2, 0.25) is 0 Å². The Morgan fingerprint density at radius 1 is 1.29 bits per heavy atom. The molecule has 0 unspecified atom stereocenters. The fraction of sp³-hybridized carbons (Fsp3) is 0.700. The Morgan fingerprint density at radius 2 is 2.00 bits per heavy atom. The normalized spacial score (nSPS) is 12.5. The Balaban J connectivity index is 2.82. The number of nitrogens with zero attached hydrogens (tertiary/aromatic N) is 3. The fourth-order valence-corrected chi connectivity index (χ4v) is 2.87. The van der Waals surface area contributed by atoms with Gasteiger partial charge in [-0.3, -0.25) is 5.10 Å². The molecule has 1 heterocycles. The van der Waals surface area contributed by atoms with Gasteiger partial charge in [0, 0.05) is 25.8 Å². The van der Waals surface area contributed by atoms with Gasteiger partial charge in [-0.2, -0.15) is 9.40 Å².